The topological polar surface area (TPSA) is 46.5 Å². The largest absolute Gasteiger partial charge is 0.461 e. The van der Waals surface area contributed by atoms with Crippen LogP contribution < -0.4 is 0 Å². The number of carbonyl (C=O) groups excluding carboxylic acids is 1. The van der Waals surface area contributed by atoms with Crippen LogP contribution >= 0.6 is 11.6 Å². The maximum Gasteiger partial charge on any atom is 0.293 e. The standard InChI is InChI=1S/C28H47ClO3/c1-18(2)7-6-8-19(3)22-9-10-23-21-15-25(32-17-30)28(31)16-20(29)11-14-27(28,5)24(21)12-13-26(22,23)4/h17-25,31H,6-16H2,1-5H3/t19-,20+,21+,22-,23+,24+,25-,26-,27-,28+/m1/s1. The summed E-state index contributed by atoms with van der Waals surface area (Å²) in [6.07, 6.45) is 12.0. The van der Waals surface area contributed by atoms with Crippen LogP contribution in [0.5, 0.6) is 0 Å². The molecule has 0 bridgehead atoms. The van der Waals surface area contributed by atoms with Crippen molar-refractivity contribution in [3.63, 3.8) is 0 Å². The number of halogens is 1. The van der Waals surface area contributed by atoms with E-state index in [0.717, 1.165) is 37.0 Å². The molecule has 0 heterocycles. The van der Waals surface area contributed by atoms with Crippen LogP contribution in [-0.2, 0) is 9.53 Å². The minimum absolute atomic E-state index is 0.0289. The first kappa shape index (κ1) is 24.8. The normalized spacial score (nSPS) is 49.1. The summed E-state index contributed by atoms with van der Waals surface area (Å²) in [5.41, 5.74) is -0.813. The van der Waals surface area contributed by atoms with Gasteiger partial charge in [-0.1, -0.05) is 53.9 Å². The van der Waals surface area contributed by atoms with Crippen molar-refractivity contribution in [3.05, 3.63) is 0 Å². The van der Waals surface area contributed by atoms with Crippen molar-refractivity contribution >= 4 is 18.1 Å². The lowest BCUT2D eigenvalue weighted by molar-refractivity contribution is -0.255. The van der Waals surface area contributed by atoms with E-state index in [1.165, 1.54) is 44.9 Å². The molecule has 4 fully saturated rings. The number of carbonyl (C=O) groups is 1. The summed E-state index contributed by atoms with van der Waals surface area (Å²) >= 11 is 6.55. The lowest BCUT2D eigenvalue weighted by Crippen LogP contribution is -2.68. The Labute approximate surface area is 201 Å². The Morgan fingerprint density at radius 1 is 1.06 bits per heavy atom. The molecule has 0 unspecified atom stereocenters. The summed E-state index contributed by atoms with van der Waals surface area (Å²) in [6, 6.07) is 0. The second-order valence-electron chi connectivity index (χ2n) is 13.0. The van der Waals surface area contributed by atoms with E-state index in [-0.39, 0.29) is 10.8 Å². The molecule has 0 aromatic carbocycles. The number of alkyl halides is 1. The van der Waals surface area contributed by atoms with Gasteiger partial charge in [0.15, 0.2) is 0 Å². The van der Waals surface area contributed by atoms with Gasteiger partial charge in [0.2, 0.25) is 0 Å². The van der Waals surface area contributed by atoms with Crippen molar-refractivity contribution in [1.29, 1.82) is 0 Å². The molecule has 0 amide bonds. The van der Waals surface area contributed by atoms with Gasteiger partial charge in [-0.3, -0.25) is 4.79 Å². The fourth-order valence-electron chi connectivity index (χ4n) is 9.46. The zero-order valence-corrected chi connectivity index (χ0v) is 21.9. The summed E-state index contributed by atoms with van der Waals surface area (Å²) < 4.78 is 5.66. The van der Waals surface area contributed by atoms with Crippen LogP contribution in [-0.4, -0.2) is 28.7 Å². The summed E-state index contributed by atoms with van der Waals surface area (Å²) in [6.45, 7) is 12.6. The minimum Gasteiger partial charge on any atom is -0.461 e. The molecule has 184 valence electrons. The van der Waals surface area contributed by atoms with Crippen molar-refractivity contribution in [3.8, 4) is 0 Å². The van der Waals surface area contributed by atoms with Crippen molar-refractivity contribution in [1.82, 2.24) is 0 Å². The van der Waals surface area contributed by atoms with Gasteiger partial charge in [-0.25, -0.2) is 0 Å². The number of ether oxygens (including phenoxy) is 1. The van der Waals surface area contributed by atoms with Gasteiger partial charge in [-0.15, -0.1) is 11.6 Å². The van der Waals surface area contributed by atoms with Gasteiger partial charge in [-0.2, -0.15) is 0 Å². The van der Waals surface area contributed by atoms with E-state index >= 15 is 0 Å². The highest BCUT2D eigenvalue weighted by Gasteiger charge is 2.68. The van der Waals surface area contributed by atoms with Crippen LogP contribution in [0, 0.1) is 46.3 Å². The van der Waals surface area contributed by atoms with Crippen molar-refractivity contribution in [2.75, 3.05) is 0 Å². The Hall–Kier alpha value is -0.280. The third kappa shape index (κ3) is 3.86. The SMILES string of the molecule is CC(C)CCC[C@@H](C)[C@H]1CC[C@H]2[C@@H]3C[C@@H](OC=O)[C@@]4(O)C[C@@H](Cl)CC[C@]4(C)[C@H]3CC[C@]12C. The van der Waals surface area contributed by atoms with Crippen LogP contribution in [0.1, 0.15) is 105 Å². The van der Waals surface area contributed by atoms with E-state index in [0.29, 0.717) is 36.1 Å². The van der Waals surface area contributed by atoms with E-state index in [9.17, 15) is 9.90 Å². The second-order valence-corrected chi connectivity index (χ2v) is 13.7. The molecule has 4 aliphatic carbocycles. The minimum atomic E-state index is -0.990. The maximum absolute atomic E-state index is 12.0. The molecule has 4 heteroatoms. The van der Waals surface area contributed by atoms with Crippen molar-refractivity contribution in [2.24, 2.45) is 46.3 Å². The number of fused-ring (bicyclic) bond motifs is 5. The van der Waals surface area contributed by atoms with Crippen LogP contribution in [0.4, 0.5) is 0 Å². The quantitative estimate of drug-likeness (QED) is 0.325. The van der Waals surface area contributed by atoms with Crippen LogP contribution in [0.25, 0.3) is 0 Å². The zero-order valence-electron chi connectivity index (χ0n) is 21.1. The van der Waals surface area contributed by atoms with Gasteiger partial charge in [0.25, 0.3) is 6.47 Å². The van der Waals surface area contributed by atoms with Gasteiger partial charge in [0.1, 0.15) is 11.7 Å². The lowest BCUT2D eigenvalue weighted by atomic mass is 9.42. The number of hydrogen-bond acceptors (Lipinski definition) is 3. The summed E-state index contributed by atoms with van der Waals surface area (Å²) in [4.78, 5) is 11.4. The molecule has 0 aromatic rings. The van der Waals surface area contributed by atoms with Gasteiger partial charge in [-0.05, 0) is 92.3 Å². The molecular weight excluding hydrogens is 420 g/mol. The lowest BCUT2D eigenvalue weighted by Gasteiger charge is -2.65. The fourth-order valence-corrected chi connectivity index (χ4v) is 9.80. The average molecular weight is 467 g/mol. The van der Waals surface area contributed by atoms with Gasteiger partial charge in [0, 0.05) is 10.8 Å². The molecule has 10 atom stereocenters. The van der Waals surface area contributed by atoms with Crippen molar-refractivity contribution < 1.29 is 14.6 Å². The molecule has 0 aromatic heterocycles. The van der Waals surface area contributed by atoms with E-state index in [4.69, 9.17) is 16.3 Å². The van der Waals surface area contributed by atoms with Gasteiger partial charge >= 0.3 is 0 Å². The Kier molecular flexibility index (Phi) is 7.03. The fraction of sp³-hybridized carbons (Fsp3) is 0.964. The third-order valence-electron chi connectivity index (χ3n) is 11.2. The summed E-state index contributed by atoms with van der Waals surface area (Å²) in [5, 5.41) is 11.9. The molecule has 4 saturated carbocycles. The second kappa shape index (κ2) is 9.06. The highest BCUT2D eigenvalue weighted by molar-refractivity contribution is 6.20. The van der Waals surface area contributed by atoms with Crippen LogP contribution in [0.15, 0.2) is 0 Å². The third-order valence-corrected chi connectivity index (χ3v) is 11.6. The maximum atomic E-state index is 12.0. The van der Waals surface area contributed by atoms with Crippen LogP contribution in [0.3, 0.4) is 0 Å². The monoisotopic (exact) mass is 466 g/mol. The average Bonchev–Trinajstić information content (AvgIpc) is 3.07. The molecule has 3 nitrogen and oxygen atoms in total. The number of hydrogen-bond donors (Lipinski definition) is 1. The van der Waals surface area contributed by atoms with E-state index in [2.05, 4.69) is 34.6 Å². The highest BCUT2D eigenvalue weighted by Crippen LogP contribution is 2.69. The molecule has 4 aliphatic rings. The first-order chi connectivity index (χ1) is 15.1. The molecule has 0 spiro atoms. The zero-order chi connectivity index (χ0) is 23.3. The Morgan fingerprint density at radius 2 is 1.81 bits per heavy atom. The molecule has 0 radical (unpaired) electrons. The first-order valence-electron chi connectivity index (χ1n) is 13.5. The predicted molar refractivity (Wildman–Crippen MR) is 130 cm³/mol. The molecule has 0 aliphatic heterocycles. The molecule has 32 heavy (non-hydrogen) atoms. The highest BCUT2D eigenvalue weighted by atomic mass is 35.5. The smallest absolute Gasteiger partial charge is 0.293 e. The molecule has 4 rings (SSSR count). The molecule has 0 saturated heterocycles. The van der Waals surface area contributed by atoms with Crippen molar-refractivity contribution in [2.45, 2.75) is 122 Å². The van der Waals surface area contributed by atoms with Gasteiger partial charge < -0.3 is 9.84 Å². The Bertz CT molecular complexity index is 682. The van der Waals surface area contributed by atoms with Gasteiger partial charge in [0.05, 0.1) is 0 Å². The van der Waals surface area contributed by atoms with E-state index < -0.39 is 11.7 Å². The Morgan fingerprint density at radius 3 is 2.50 bits per heavy atom. The van der Waals surface area contributed by atoms with E-state index in [1.807, 2.05) is 0 Å². The summed E-state index contributed by atoms with van der Waals surface area (Å²) in [7, 11) is 0. The number of aliphatic hydroxyl groups is 1. The molecule has 1 N–H and O–H groups in total. The molecular formula is C28H47ClO3. The first-order valence-corrected chi connectivity index (χ1v) is 14.0. The summed E-state index contributed by atoms with van der Waals surface area (Å²) in [5.74, 6) is 4.12. The Balaban J connectivity index is 1.57. The number of rotatable bonds is 7. The van der Waals surface area contributed by atoms with E-state index in [1.54, 1.807) is 0 Å². The predicted octanol–water partition coefficient (Wildman–Crippen LogP) is 6.98. The van der Waals surface area contributed by atoms with Crippen LogP contribution in [0.2, 0.25) is 0 Å².